The average Bonchev–Trinajstić information content (AvgIpc) is 2.40. The fraction of sp³-hybridized carbons (Fsp3) is 0.733. The zero-order valence-electron chi connectivity index (χ0n) is 13.1. The molecule has 4 nitrogen and oxygen atoms in total. The Kier molecular flexibility index (Phi) is 5.88. The maximum Gasteiger partial charge on any atom is 0.160 e. The van der Waals surface area contributed by atoms with Gasteiger partial charge in [-0.25, -0.2) is 9.97 Å². The lowest BCUT2D eigenvalue weighted by Crippen LogP contribution is -2.28. The Balaban J connectivity index is 3.02. The third-order valence-corrected chi connectivity index (χ3v) is 3.75. The highest BCUT2D eigenvalue weighted by atomic mass is 16.5. The number of ether oxygens (including phenoxy) is 1. The third kappa shape index (κ3) is 3.74. The smallest absolute Gasteiger partial charge is 0.160 e. The van der Waals surface area contributed by atoms with E-state index in [1.54, 1.807) is 7.11 Å². The van der Waals surface area contributed by atoms with Crippen LogP contribution in [-0.4, -0.2) is 23.6 Å². The van der Waals surface area contributed by atoms with Crippen LogP contribution in [-0.2, 0) is 16.9 Å². The Bertz CT molecular complexity index is 391. The average molecular weight is 265 g/mol. The number of rotatable bonds is 7. The topological polar surface area (TPSA) is 47.0 Å². The predicted octanol–water partition coefficient (Wildman–Crippen LogP) is 2.86. The summed E-state index contributed by atoms with van der Waals surface area (Å²) in [6, 6.07) is 0. The van der Waals surface area contributed by atoms with Gasteiger partial charge in [-0.15, -0.1) is 0 Å². The van der Waals surface area contributed by atoms with Crippen LogP contribution in [0.1, 0.15) is 56.4 Å². The Morgan fingerprint density at radius 3 is 2.16 bits per heavy atom. The van der Waals surface area contributed by atoms with Gasteiger partial charge in [-0.1, -0.05) is 13.8 Å². The molecule has 0 radical (unpaired) electrons. The Morgan fingerprint density at radius 2 is 1.74 bits per heavy atom. The number of aryl methyl sites for hydroxylation is 2. The zero-order chi connectivity index (χ0) is 14.5. The van der Waals surface area contributed by atoms with E-state index in [4.69, 9.17) is 4.74 Å². The number of nitrogens with zero attached hydrogens (tertiary/aromatic N) is 2. The Hall–Kier alpha value is -1.00. The summed E-state index contributed by atoms with van der Waals surface area (Å²) in [6.07, 6.45) is 1.99. The molecule has 0 aliphatic heterocycles. The largest absolute Gasteiger partial charge is 0.371 e. The van der Waals surface area contributed by atoms with Gasteiger partial charge in [0.05, 0.1) is 0 Å². The molecule has 4 heteroatoms. The van der Waals surface area contributed by atoms with Gasteiger partial charge in [0.2, 0.25) is 0 Å². The van der Waals surface area contributed by atoms with Gasteiger partial charge >= 0.3 is 0 Å². The van der Waals surface area contributed by atoms with Crippen LogP contribution in [0.4, 0.5) is 0 Å². The summed E-state index contributed by atoms with van der Waals surface area (Å²) in [5, 5.41) is 3.41. The predicted molar refractivity (Wildman–Crippen MR) is 78.2 cm³/mol. The van der Waals surface area contributed by atoms with Crippen molar-refractivity contribution >= 4 is 0 Å². The van der Waals surface area contributed by atoms with Crippen LogP contribution in [0.2, 0.25) is 0 Å². The van der Waals surface area contributed by atoms with E-state index in [-0.39, 0.29) is 0 Å². The Labute approximate surface area is 117 Å². The molecule has 0 saturated carbocycles. The first kappa shape index (κ1) is 16.1. The van der Waals surface area contributed by atoms with Gasteiger partial charge < -0.3 is 10.1 Å². The quantitative estimate of drug-likeness (QED) is 0.770. The molecule has 1 atom stereocenters. The lowest BCUT2D eigenvalue weighted by atomic mass is 10.0. The molecule has 1 heterocycles. The SMILES string of the molecule is CCCNCc1c(C)nc(C(C)(CC)OC)nc1C. The zero-order valence-corrected chi connectivity index (χ0v) is 13.1. The molecule has 0 spiro atoms. The summed E-state index contributed by atoms with van der Waals surface area (Å²) in [4.78, 5) is 9.30. The molecule has 1 unspecified atom stereocenters. The minimum absolute atomic E-state index is 0.398. The third-order valence-electron chi connectivity index (χ3n) is 3.75. The van der Waals surface area contributed by atoms with Crippen molar-refractivity contribution in [1.29, 1.82) is 0 Å². The van der Waals surface area contributed by atoms with Crippen LogP contribution in [0.5, 0.6) is 0 Å². The molecule has 0 aliphatic carbocycles. The van der Waals surface area contributed by atoms with E-state index in [0.717, 1.165) is 43.1 Å². The number of aromatic nitrogens is 2. The van der Waals surface area contributed by atoms with Gasteiger partial charge in [0.25, 0.3) is 0 Å². The second-order valence-electron chi connectivity index (χ2n) is 5.16. The van der Waals surface area contributed by atoms with Crippen molar-refractivity contribution in [2.45, 2.75) is 59.6 Å². The van der Waals surface area contributed by atoms with Gasteiger partial charge in [-0.05, 0) is 40.2 Å². The van der Waals surface area contributed by atoms with E-state index in [2.05, 4.69) is 29.1 Å². The van der Waals surface area contributed by atoms with Crippen LogP contribution in [0.15, 0.2) is 0 Å². The summed E-state index contributed by atoms with van der Waals surface area (Å²) >= 11 is 0. The van der Waals surface area contributed by atoms with Gasteiger partial charge in [-0.2, -0.15) is 0 Å². The second-order valence-corrected chi connectivity index (χ2v) is 5.16. The number of hydrogen-bond acceptors (Lipinski definition) is 4. The van der Waals surface area contributed by atoms with Crippen molar-refractivity contribution in [1.82, 2.24) is 15.3 Å². The van der Waals surface area contributed by atoms with Gasteiger partial charge in [-0.3, -0.25) is 0 Å². The maximum atomic E-state index is 5.58. The van der Waals surface area contributed by atoms with Gasteiger partial charge in [0.1, 0.15) is 5.60 Å². The molecule has 19 heavy (non-hydrogen) atoms. The van der Waals surface area contributed by atoms with Crippen LogP contribution in [0.3, 0.4) is 0 Å². The van der Waals surface area contributed by atoms with Crippen LogP contribution in [0, 0.1) is 13.8 Å². The molecule has 0 saturated heterocycles. The number of hydrogen-bond donors (Lipinski definition) is 1. The molecule has 0 aromatic carbocycles. The van der Waals surface area contributed by atoms with Crippen molar-refractivity contribution in [2.24, 2.45) is 0 Å². The van der Waals surface area contributed by atoms with E-state index < -0.39 is 5.60 Å². The highest BCUT2D eigenvalue weighted by Crippen LogP contribution is 2.26. The molecule has 1 rings (SSSR count). The monoisotopic (exact) mass is 265 g/mol. The summed E-state index contributed by atoms with van der Waals surface area (Å²) in [5.41, 5.74) is 2.89. The van der Waals surface area contributed by atoms with Gasteiger partial charge in [0, 0.05) is 30.6 Å². The molecule has 108 valence electrons. The lowest BCUT2D eigenvalue weighted by Gasteiger charge is -2.26. The minimum atomic E-state index is -0.398. The van der Waals surface area contributed by atoms with E-state index in [1.165, 1.54) is 5.56 Å². The van der Waals surface area contributed by atoms with E-state index in [9.17, 15) is 0 Å². The van der Waals surface area contributed by atoms with Crippen molar-refractivity contribution in [3.05, 3.63) is 22.8 Å². The summed E-state index contributed by atoms with van der Waals surface area (Å²) in [6.45, 7) is 12.2. The van der Waals surface area contributed by atoms with Crippen molar-refractivity contribution in [3.63, 3.8) is 0 Å². The van der Waals surface area contributed by atoms with E-state index in [0.29, 0.717) is 0 Å². The maximum absolute atomic E-state index is 5.58. The molecular formula is C15H27N3O. The molecule has 1 aromatic rings. The molecule has 0 aliphatic rings. The first-order valence-electron chi connectivity index (χ1n) is 7.09. The minimum Gasteiger partial charge on any atom is -0.371 e. The molecule has 0 fully saturated rings. The van der Waals surface area contributed by atoms with E-state index in [1.807, 2.05) is 20.8 Å². The van der Waals surface area contributed by atoms with Gasteiger partial charge in [0.15, 0.2) is 5.82 Å². The van der Waals surface area contributed by atoms with Crippen molar-refractivity contribution in [3.8, 4) is 0 Å². The van der Waals surface area contributed by atoms with Crippen LogP contribution < -0.4 is 5.32 Å². The highest BCUT2D eigenvalue weighted by molar-refractivity contribution is 5.25. The second kappa shape index (κ2) is 6.96. The van der Waals surface area contributed by atoms with Crippen molar-refractivity contribution in [2.75, 3.05) is 13.7 Å². The van der Waals surface area contributed by atoms with Crippen LogP contribution in [0.25, 0.3) is 0 Å². The molecule has 0 bridgehead atoms. The summed E-state index contributed by atoms with van der Waals surface area (Å²) in [7, 11) is 1.72. The van der Waals surface area contributed by atoms with Crippen LogP contribution >= 0.6 is 0 Å². The molecular weight excluding hydrogens is 238 g/mol. The molecule has 1 aromatic heterocycles. The fourth-order valence-corrected chi connectivity index (χ4v) is 2.02. The Morgan fingerprint density at radius 1 is 1.16 bits per heavy atom. The standard InChI is InChI=1S/C15H27N3O/c1-7-9-16-10-13-11(3)17-14(18-12(13)4)15(5,8-2)19-6/h16H,7-10H2,1-6H3. The van der Waals surface area contributed by atoms with E-state index >= 15 is 0 Å². The fourth-order valence-electron chi connectivity index (χ4n) is 2.02. The summed E-state index contributed by atoms with van der Waals surface area (Å²) < 4.78 is 5.58. The lowest BCUT2D eigenvalue weighted by molar-refractivity contribution is -0.00928. The molecule has 0 amide bonds. The normalized spacial score (nSPS) is 14.4. The van der Waals surface area contributed by atoms with Crippen molar-refractivity contribution < 1.29 is 4.74 Å². The summed E-state index contributed by atoms with van der Waals surface area (Å²) in [5.74, 6) is 0.784. The highest BCUT2D eigenvalue weighted by Gasteiger charge is 2.28. The molecule has 1 N–H and O–H groups in total. The first-order valence-corrected chi connectivity index (χ1v) is 7.09. The first-order chi connectivity index (χ1) is 8.98. The number of methoxy groups -OCH3 is 1. The number of nitrogens with one attached hydrogen (secondary N) is 1.